The van der Waals surface area contributed by atoms with Crippen molar-refractivity contribution in [1.29, 1.82) is 0 Å². The Morgan fingerprint density at radius 1 is 1.23 bits per heavy atom. The van der Waals surface area contributed by atoms with Crippen molar-refractivity contribution in [2.75, 3.05) is 19.7 Å². The first-order chi connectivity index (χ1) is 10.8. The third-order valence-electron chi connectivity index (χ3n) is 4.04. The molecule has 0 bridgehead atoms. The van der Waals surface area contributed by atoms with Gasteiger partial charge in [0.25, 0.3) is 5.91 Å². The molecule has 1 aromatic carbocycles. The lowest BCUT2D eigenvalue weighted by Gasteiger charge is -2.33. The summed E-state index contributed by atoms with van der Waals surface area (Å²) in [5.74, 6) is 0.0425. The van der Waals surface area contributed by atoms with E-state index in [2.05, 4.69) is 36.2 Å². The van der Waals surface area contributed by atoms with E-state index in [0.29, 0.717) is 25.3 Å². The summed E-state index contributed by atoms with van der Waals surface area (Å²) in [6.07, 6.45) is 4.27. The molecule has 22 heavy (non-hydrogen) atoms. The molecule has 1 unspecified atom stereocenters. The van der Waals surface area contributed by atoms with Crippen LogP contribution in [0.4, 0.5) is 0 Å². The standard InChI is InChI=1S/C18H20N2O2/c1-2-14-3-5-15(6-4-14)17-13-20(11-12-22-17)18(21)16-7-9-19-10-8-16/h3-10,17H,2,11-13H2,1H3. The van der Waals surface area contributed by atoms with E-state index in [1.54, 1.807) is 24.5 Å². The van der Waals surface area contributed by atoms with Gasteiger partial charge in [-0.2, -0.15) is 0 Å². The fraction of sp³-hybridized carbons (Fsp3) is 0.333. The summed E-state index contributed by atoms with van der Waals surface area (Å²) >= 11 is 0. The Morgan fingerprint density at radius 3 is 2.64 bits per heavy atom. The van der Waals surface area contributed by atoms with Crippen molar-refractivity contribution in [2.45, 2.75) is 19.4 Å². The van der Waals surface area contributed by atoms with Gasteiger partial charge in [0, 0.05) is 24.5 Å². The summed E-state index contributed by atoms with van der Waals surface area (Å²) in [5, 5.41) is 0. The van der Waals surface area contributed by atoms with E-state index in [1.165, 1.54) is 5.56 Å². The Morgan fingerprint density at radius 2 is 1.95 bits per heavy atom. The van der Waals surface area contributed by atoms with Crippen LogP contribution in [-0.2, 0) is 11.2 Å². The molecule has 1 aromatic heterocycles. The van der Waals surface area contributed by atoms with Crippen molar-refractivity contribution in [2.24, 2.45) is 0 Å². The lowest BCUT2D eigenvalue weighted by molar-refractivity contribution is -0.0228. The van der Waals surface area contributed by atoms with E-state index in [1.807, 2.05) is 4.90 Å². The minimum Gasteiger partial charge on any atom is -0.370 e. The Kier molecular flexibility index (Phi) is 4.49. The van der Waals surface area contributed by atoms with Crippen molar-refractivity contribution in [3.05, 3.63) is 65.5 Å². The monoisotopic (exact) mass is 296 g/mol. The lowest BCUT2D eigenvalue weighted by Crippen LogP contribution is -2.42. The number of hydrogen-bond donors (Lipinski definition) is 0. The third kappa shape index (κ3) is 3.17. The van der Waals surface area contributed by atoms with Crippen molar-refractivity contribution < 1.29 is 9.53 Å². The van der Waals surface area contributed by atoms with Crippen LogP contribution in [0, 0.1) is 0 Å². The van der Waals surface area contributed by atoms with Crippen molar-refractivity contribution in [3.63, 3.8) is 0 Å². The predicted molar refractivity (Wildman–Crippen MR) is 84.7 cm³/mol. The van der Waals surface area contributed by atoms with Crippen LogP contribution in [0.5, 0.6) is 0 Å². The maximum atomic E-state index is 12.5. The molecule has 1 amide bonds. The van der Waals surface area contributed by atoms with E-state index >= 15 is 0 Å². The first kappa shape index (κ1) is 14.7. The smallest absolute Gasteiger partial charge is 0.254 e. The van der Waals surface area contributed by atoms with E-state index in [4.69, 9.17) is 4.74 Å². The molecule has 4 heteroatoms. The molecule has 4 nitrogen and oxygen atoms in total. The maximum absolute atomic E-state index is 12.5. The highest BCUT2D eigenvalue weighted by Gasteiger charge is 2.26. The Labute approximate surface area is 130 Å². The fourth-order valence-electron chi connectivity index (χ4n) is 2.68. The number of nitrogens with zero attached hydrogens (tertiary/aromatic N) is 2. The van der Waals surface area contributed by atoms with Gasteiger partial charge < -0.3 is 9.64 Å². The molecule has 3 rings (SSSR count). The van der Waals surface area contributed by atoms with E-state index in [9.17, 15) is 4.79 Å². The highest BCUT2D eigenvalue weighted by molar-refractivity contribution is 5.94. The van der Waals surface area contributed by atoms with Gasteiger partial charge in [-0.25, -0.2) is 0 Å². The largest absolute Gasteiger partial charge is 0.370 e. The second-order valence-electron chi connectivity index (χ2n) is 5.44. The summed E-state index contributed by atoms with van der Waals surface area (Å²) in [6, 6.07) is 12.0. The van der Waals surface area contributed by atoms with Gasteiger partial charge in [-0.05, 0) is 29.7 Å². The summed E-state index contributed by atoms with van der Waals surface area (Å²) < 4.78 is 5.85. The topological polar surface area (TPSA) is 42.4 Å². The second-order valence-corrected chi connectivity index (χ2v) is 5.44. The molecular weight excluding hydrogens is 276 g/mol. The average molecular weight is 296 g/mol. The first-order valence-corrected chi connectivity index (χ1v) is 7.67. The molecule has 0 spiro atoms. The van der Waals surface area contributed by atoms with Crippen LogP contribution in [-0.4, -0.2) is 35.5 Å². The summed E-state index contributed by atoms with van der Waals surface area (Å²) in [6.45, 7) is 3.93. The van der Waals surface area contributed by atoms with Crippen molar-refractivity contribution in [3.8, 4) is 0 Å². The van der Waals surface area contributed by atoms with Crippen LogP contribution in [0.2, 0.25) is 0 Å². The Hall–Kier alpha value is -2.20. The van der Waals surface area contributed by atoms with Gasteiger partial charge in [0.15, 0.2) is 0 Å². The number of carbonyl (C=O) groups is 1. The van der Waals surface area contributed by atoms with Crippen LogP contribution in [0.15, 0.2) is 48.8 Å². The van der Waals surface area contributed by atoms with E-state index < -0.39 is 0 Å². The molecule has 2 aromatic rings. The van der Waals surface area contributed by atoms with Crippen LogP contribution < -0.4 is 0 Å². The van der Waals surface area contributed by atoms with Crippen LogP contribution in [0.25, 0.3) is 0 Å². The maximum Gasteiger partial charge on any atom is 0.254 e. The van der Waals surface area contributed by atoms with Crippen molar-refractivity contribution in [1.82, 2.24) is 9.88 Å². The number of hydrogen-bond acceptors (Lipinski definition) is 3. The van der Waals surface area contributed by atoms with Crippen LogP contribution in [0.1, 0.15) is 34.5 Å². The molecule has 1 aliphatic rings. The number of carbonyl (C=O) groups excluding carboxylic acids is 1. The molecule has 0 saturated carbocycles. The molecular formula is C18H20N2O2. The average Bonchev–Trinajstić information content (AvgIpc) is 2.62. The second kappa shape index (κ2) is 6.71. The number of ether oxygens (including phenoxy) is 1. The number of pyridine rings is 1. The van der Waals surface area contributed by atoms with Crippen molar-refractivity contribution >= 4 is 5.91 Å². The van der Waals surface area contributed by atoms with Gasteiger partial charge in [-0.15, -0.1) is 0 Å². The number of benzene rings is 1. The zero-order chi connectivity index (χ0) is 15.4. The number of aromatic nitrogens is 1. The van der Waals surface area contributed by atoms with Gasteiger partial charge in [-0.3, -0.25) is 9.78 Å². The fourth-order valence-corrected chi connectivity index (χ4v) is 2.68. The summed E-state index contributed by atoms with van der Waals surface area (Å²) in [5.41, 5.74) is 3.12. The molecule has 1 atom stereocenters. The normalized spacial score (nSPS) is 18.2. The van der Waals surface area contributed by atoms with Gasteiger partial charge in [0.2, 0.25) is 0 Å². The minimum absolute atomic E-state index is 0.0425. The number of amides is 1. The Balaban J connectivity index is 1.72. The zero-order valence-corrected chi connectivity index (χ0v) is 12.7. The number of rotatable bonds is 3. The van der Waals surface area contributed by atoms with Gasteiger partial charge in [0.05, 0.1) is 13.2 Å². The lowest BCUT2D eigenvalue weighted by atomic mass is 10.0. The molecule has 0 radical (unpaired) electrons. The summed E-state index contributed by atoms with van der Waals surface area (Å²) in [4.78, 5) is 18.3. The number of morpholine rings is 1. The number of aryl methyl sites for hydroxylation is 1. The first-order valence-electron chi connectivity index (χ1n) is 7.67. The molecule has 2 heterocycles. The van der Waals surface area contributed by atoms with Gasteiger partial charge in [-0.1, -0.05) is 31.2 Å². The quantitative estimate of drug-likeness (QED) is 0.874. The SMILES string of the molecule is CCc1ccc(C2CN(C(=O)c3ccncc3)CCO2)cc1. The molecule has 114 valence electrons. The molecule has 1 fully saturated rings. The van der Waals surface area contributed by atoms with Crippen LogP contribution in [0.3, 0.4) is 0 Å². The van der Waals surface area contributed by atoms with E-state index in [0.717, 1.165) is 12.0 Å². The molecule has 1 aliphatic heterocycles. The third-order valence-corrected chi connectivity index (χ3v) is 4.04. The van der Waals surface area contributed by atoms with Gasteiger partial charge in [0.1, 0.15) is 6.10 Å². The molecule has 0 N–H and O–H groups in total. The predicted octanol–water partition coefficient (Wildman–Crippen LogP) is 2.86. The highest BCUT2D eigenvalue weighted by atomic mass is 16.5. The van der Waals surface area contributed by atoms with E-state index in [-0.39, 0.29) is 12.0 Å². The molecule has 1 saturated heterocycles. The summed E-state index contributed by atoms with van der Waals surface area (Å²) in [7, 11) is 0. The Bertz CT molecular complexity index is 625. The van der Waals surface area contributed by atoms with Gasteiger partial charge >= 0.3 is 0 Å². The highest BCUT2D eigenvalue weighted by Crippen LogP contribution is 2.23. The molecule has 0 aliphatic carbocycles. The van der Waals surface area contributed by atoms with Crippen LogP contribution >= 0.6 is 0 Å². The zero-order valence-electron chi connectivity index (χ0n) is 12.7. The minimum atomic E-state index is -0.0505.